The Morgan fingerprint density at radius 2 is 2.18 bits per heavy atom. The van der Waals surface area contributed by atoms with Crippen molar-refractivity contribution in [1.82, 2.24) is 14.5 Å². The summed E-state index contributed by atoms with van der Waals surface area (Å²) in [5.41, 5.74) is 5.34. The summed E-state index contributed by atoms with van der Waals surface area (Å²) in [6.45, 7) is 0.0643. The lowest BCUT2D eigenvalue weighted by Crippen LogP contribution is -2.36. The van der Waals surface area contributed by atoms with E-state index in [9.17, 15) is 8.42 Å². The number of anilines is 1. The molecule has 0 aliphatic heterocycles. The normalized spacial score (nSPS) is 12.2. The molecule has 0 aliphatic carbocycles. The summed E-state index contributed by atoms with van der Waals surface area (Å²) in [4.78, 5) is 0. The molecule has 0 fully saturated rings. The number of aromatic nitrogens is 2. The minimum Gasteiger partial charge on any atom is -0.395 e. The van der Waals surface area contributed by atoms with E-state index in [1.807, 2.05) is 0 Å². The van der Waals surface area contributed by atoms with E-state index in [4.69, 9.17) is 15.6 Å². The van der Waals surface area contributed by atoms with Crippen LogP contribution in [0.5, 0.6) is 0 Å². The molecule has 0 unspecified atom stereocenters. The van der Waals surface area contributed by atoms with Crippen LogP contribution in [-0.4, -0.2) is 61.4 Å². The van der Waals surface area contributed by atoms with Gasteiger partial charge in [0.2, 0.25) is 9.47 Å². The van der Waals surface area contributed by atoms with Crippen LogP contribution < -0.4 is 5.73 Å². The molecule has 0 aromatic carbocycles. The van der Waals surface area contributed by atoms with Gasteiger partial charge in [0.15, 0.2) is 0 Å². The first kappa shape index (κ1) is 14.3. The maximum Gasteiger partial charge on any atom is 0.272 e. The van der Waals surface area contributed by atoms with Gasteiger partial charge in [0, 0.05) is 20.2 Å². The number of hydrogen-bond acceptors (Lipinski definition) is 8. The second-order valence-corrected chi connectivity index (χ2v) is 6.15. The molecule has 0 saturated heterocycles. The van der Waals surface area contributed by atoms with Crippen LogP contribution >= 0.6 is 11.3 Å². The molecule has 98 valence electrons. The first-order chi connectivity index (χ1) is 8.02. The number of rotatable bonds is 7. The van der Waals surface area contributed by atoms with Crippen LogP contribution in [-0.2, 0) is 14.8 Å². The van der Waals surface area contributed by atoms with Gasteiger partial charge in [-0.2, -0.15) is 4.31 Å². The van der Waals surface area contributed by atoms with Crippen molar-refractivity contribution in [3.05, 3.63) is 0 Å². The van der Waals surface area contributed by atoms with Gasteiger partial charge in [-0.25, -0.2) is 8.42 Å². The molecule has 1 aromatic heterocycles. The molecule has 1 aromatic rings. The third kappa shape index (κ3) is 3.57. The van der Waals surface area contributed by atoms with Crippen molar-refractivity contribution in [3.8, 4) is 0 Å². The topological polar surface area (TPSA) is 119 Å². The zero-order valence-corrected chi connectivity index (χ0v) is 10.9. The molecule has 0 atom stereocenters. The fourth-order valence-electron chi connectivity index (χ4n) is 1.09. The molecule has 17 heavy (non-hydrogen) atoms. The fourth-order valence-corrected chi connectivity index (χ4v) is 3.43. The van der Waals surface area contributed by atoms with Crippen molar-refractivity contribution < 1.29 is 18.3 Å². The molecule has 1 rings (SSSR count). The van der Waals surface area contributed by atoms with Gasteiger partial charge < -0.3 is 15.6 Å². The number of nitrogens with zero attached hydrogens (tertiary/aromatic N) is 3. The van der Waals surface area contributed by atoms with Crippen molar-refractivity contribution in [3.63, 3.8) is 0 Å². The predicted molar refractivity (Wildman–Crippen MR) is 62.0 cm³/mol. The number of methoxy groups -OCH3 is 1. The molecule has 0 bridgehead atoms. The Morgan fingerprint density at radius 3 is 2.65 bits per heavy atom. The molecule has 3 N–H and O–H groups in total. The van der Waals surface area contributed by atoms with E-state index in [0.717, 1.165) is 15.6 Å². The number of aliphatic hydroxyl groups is 1. The molecule has 0 spiro atoms. The molecule has 8 nitrogen and oxygen atoms in total. The second kappa shape index (κ2) is 6.21. The Balaban J connectivity index is 2.91. The molecule has 1 heterocycles. The molecule has 10 heteroatoms. The average Bonchev–Trinajstić information content (AvgIpc) is 2.71. The van der Waals surface area contributed by atoms with Crippen molar-refractivity contribution >= 4 is 26.5 Å². The highest BCUT2D eigenvalue weighted by atomic mass is 32.2. The Kier molecular flexibility index (Phi) is 5.21. The monoisotopic (exact) mass is 282 g/mol. The fraction of sp³-hybridized carbons (Fsp3) is 0.714. The van der Waals surface area contributed by atoms with Crippen LogP contribution in [0.15, 0.2) is 4.34 Å². The number of nitrogen functional groups attached to an aromatic ring is 1. The molecular weight excluding hydrogens is 268 g/mol. The Bertz CT molecular complexity index is 446. The lowest BCUT2D eigenvalue weighted by atomic mass is 10.6. The van der Waals surface area contributed by atoms with Gasteiger partial charge >= 0.3 is 0 Å². The third-order valence-corrected chi connectivity index (χ3v) is 4.87. The zero-order valence-electron chi connectivity index (χ0n) is 9.24. The number of ether oxygens (including phenoxy) is 1. The van der Waals surface area contributed by atoms with Crippen LogP contribution in [0, 0.1) is 0 Å². The summed E-state index contributed by atoms with van der Waals surface area (Å²) in [7, 11) is -2.29. The van der Waals surface area contributed by atoms with Crippen LogP contribution in [0.2, 0.25) is 0 Å². The predicted octanol–water partition coefficient (Wildman–Crippen LogP) is -1.25. The maximum atomic E-state index is 12.1. The highest BCUT2D eigenvalue weighted by molar-refractivity contribution is 7.91. The summed E-state index contributed by atoms with van der Waals surface area (Å²) in [5.74, 6) is 0. The van der Waals surface area contributed by atoms with Crippen molar-refractivity contribution in [2.45, 2.75) is 4.34 Å². The average molecular weight is 282 g/mol. The first-order valence-corrected chi connectivity index (χ1v) is 6.97. The Labute approximate surface area is 103 Å². The zero-order chi connectivity index (χ0) is 12.9. The van der Waals surface area contributed by atoms with Gasteiger partial charge in [0.25, 0.3) is 10.0 Å². The van der Waals surface area contributed by atoms with E-state index in [0.29, 0.717) is 0 Å². The standard InChI is InChI=1S/C7H14N4O4S2/c1-15-5-3-11(2-4-12)17(13,14)7-10-9-6(8)16-7/h12H,2-5H2,1H3,(H2,8,9). The molecule has 0 radical (unpaired) electrons. The van der Waals surface area contributed by atoms with Crippen LogP contribution in [0.4, 0.5) is 5.13 Å². The molecular formula is C7H14N4O4S2. The Hall–Kier alpha value is -0.810. The number of aliphatic hydroxyl groups excluding tert-OH is 1. The van der Waals surface area contributed by atoms with E-state index in [1.54, 1.807) is 0 Å². The molecule has 0 amide bonds. The van der Waals surface area contributed by atoms with E-state index >= 15 is 0 Å². The number of hydrogen-bond donors (Lipinski definition) is 2. The van der Waals surface area contributed by atoms with Crippen LogP contribution in [0.25, 0.3) is 0 Å². The molecule has 0 aliphatic rings. The van der Waals surface area contributed by atoms with E-state index in [2.05, 4.69) is 10.2 Å². The van der Waals surface area contributed by atoms with Crippen molar-refractivity contribution in [2.24, 2.45) is 0 Å². The largest absolute Gasteiger partial charge is 0.395 e. The Morgan fingerprint density at radius 1 is 1.47 bits per heavy atom. The van der Waals surface area contributed by atoms with E-state index < -0.39 is 10.0 Å². The van der Waals surface area contributed by atoms with E-state index in [1.165, 1.54) is 7.11 Å². The second-order valence-electron chi connectivity index (χ2n) is 3.03. The van der Waals surface area contributed by atoms with Gasteiger partial charge in [-0.1, -0.05) is 11.3 Å². The SMILES string of the molecule is COCCN(CCO)S(=O)(=O)c1nnc(N)s1. The lowest BCUT2D eigenvalue weighted by molar-refractivity contribution is 0.168. The van der Waals surface area contributed by atoms with Gasteiger partial charge in [0.05, 0.1) is 13.2 Å². The highest BCUT2D eigenvalue weighted by Crippen LogP contribution is 2.20. The summed E-state index contributed by atoms with van der Waals surface area (Å²) in [6, 6.07) is 0. The minimum absolute atomic E-state index is 0.0226. The summed E-state index contributed by atoms with van der Waals surface area (Å²) < 4.78 is 29.8. The quantitative estimate of drug-likeness (QED) is 0.641. The maximum absolute atomic E-state index is 12.1. The minimum atomic E-state index is -3.76. The number of nitrogens with two attached hydrogens (primary N) is 1. The van der Waals surface area contributed by atoms with Crippen molar-refractivity contribution in [1.29, 1.82) is 0 Å². The van der Waals surface area contributed by atoms with Crippen LogP contribution in [0.3, 0.4) is 0 Å². The summed E-state index contributed by atoms with van der Waals surface area (Å²) in [5, 5.41) is 15.9. The summed E-state index contributed by atoms with van der Waals surface area (Å²) in [6.07, 6.45) is 0. The first-order valence-electron chi connectivity index (χ1n) is 4.71. The third-order valence-electron chi connectivity index (χ3n) is 1.88. The highest BCUT2D eigenvalue weighted by Gasteiger charge is 2.27. The molecule has 0 saturated carbocycles. The van der Waals surface area contributed by atoms with Crippen LogP contribution in [0.1, 0.15) is 0 Å². The van der Waals surface area contributed by atoms with Gasteiger partial charge in [-0.15, -0.1) is 10.2 Å². The van der Waals surface area contributed by atoms with Gasteiger partial charge in [0.1, 0.15) is 0 Å². The lowest BCUT2D eigenvalue weighted by Gasteiger charge is -2.18. The number of sulfonamides is 1. The van der Waals surface area contributed by atoms with E-state index in [-0.39, 0.29) is 35.8 Å². The smallest absolute Gasteiger partial charge is 0.272 e. The van der Waals surface area contributed by atoms with Gasteiger partial charge in [-0.05, 0) is 0 Å². The van der Waals surface area contributed by atoms with Gasteiger partial charge in [-0.3, -0.25) is 0 Å². The van der Waals surface area contributed by atoms with Crippen molar-refractivity contribution in [2.75, 3.05) is 39.1 Å². The summed E-state index contributed by atoms with van der Waals surface area (Å²) >= 11 is 0.786.